The molecule has 2 aliphatic heterocycles. The van der Waals surface area contributed by atoms with E-state index in [4.69, 9.17) is 16.3 Å². The van der Waals surface area contributed by atoms with E-state index in [0.29, 0.717) is 51.9 Å². The minimum absolute atomic E-state index is 0.0979. The fourth-order valence-electron chi connectivity index (χ4n) is 5.95. The van der Waals surface area contributed by atoms with Gasteiger partial charge in [-0.3, -0.25) is 4.90 Å². The van der Waals surface area contributed by atoms with Crippen molar-refractivity contribution >= 4 is 50.3 Å². The fourth-order valence-corrected chi connectivity index (χ4v) is 6.90. The topological polar surface area (TPSA) is 112 Å². The number of methoxy groups -OCH3 is 1. The van der Waals surface area contributed by atoms with Crippen molar-refractivity contribution in [3.05, 3.63) is 59.2 Å². The minimum Gasteiger partial charge on any atom is -0.494 e. The van der Waals surface area contributed by atoms with Gasteiger partial charge in [0.25, 0.3) is 0 Å². The summed E-state index contributed by atoms with van der Waals surface area (Å²) in [6.45, 7) is 8.77. The highest BCUT2D eigenvalue weighted by Crippen LogP contribution is 2.34. The van der Waals surface area contributed by atoms with Gasteiger partial charge in [0.1, 0.15) is 10.8 Å². The van der Waals surface area contributed by atoms with Crippen molar-refractivity contribution in [2.75, 3.05) is 55.1 Å². The predicted octanol–water partition coefficient (Wildman–Crippen LogP) is 4.82. The average molecular weight is 614 g/mol. The standard InChI is InChI=1S/C30H40ClN7O3S/c1-20-17-38(18-21(2)33-20)23-11-13-37(14-12-23)24-9-10-27(28(15-24)41-3)35-30-32-16-25(31)29(36-30)34-26-8-6-5-7-22(26)19-42(4,39)40/h5-10,15-16,20-21,23,33H,11-14,17-19H2,1-4H3,(H2,32,34,35,36). The summed E-state index contributed by atoms with van der Waals surface area (Å²) in [6.07, 6.45) is 4.99. The van der Waals surface area contributed by atoms with Gasteiger partial charge in [0.2, 0.25) is 5.95 Å². The number of nitrogens with one attached hydrogen (secondary N) is 3. The highest BCUT2D eigenvalue weighted by Gasteiger charge is 2.30. The molecule has 2 aromatic carbocycles. The van der Waals surface area contributed by atoms with Crippen LogP contribution in [0.2, 0.25) is 5.02 Å². The fraction of sp³-hybridized carbons (Fsp3) is 0.467. The van der Waals surface area contributed by atoms with Crippen LogP contribution in [0, 0.1) is 0 Å². The van der Waals surface area contributed by atoms with Crippen LogP contribution in [0.5, 0.6) is 5.75 Å². The molecule has 0 bridgehead atoms. The van der Waals surface area contributed by atoms with Gasteiger partial charge in [-0.05, 0) is 50.5 Å². The van der Waals surface area contributed by atoms with Gasteiger partial charge >= 0.3 is 0 Å². The zero-order valence-electron chi connectivity index (χ0n) is 24.6. The molecule has 12 heteroatoms. The molecule has 2 atom stereocenters. The summed E-state index contributed by atoms with van der Waals surface area (Å²) >= 11 is 6.40. The lowest BCUT2D eigenvalue weighted by molar-refractivity contribution is 0.107. The number of nitrogens with zero attached hydrogens (tertiary/aromatic N) is 4. The maximum atomic E-state index is 11.9. The third kappa shape index (κ3) is 7.63. The molecule has 0 spiro atoms. The van der Waals surface area contributed by atoms with Crippen LogP contribution in [0.15, 0.2) is 48.7 Å². The van der Waals surface area contributed by atoms with Crippen molar-refractivity contribution < 1.29 is 13.2 Å². The average Bonchev–Trinajstić information content (AvgIpc) is 2.95. The lowest BCUT2D eigenvalue weighted by atomic mass is 9.99. The van der Waals surface area contributed by atoms with Crippen molar-refractivity contribution in [2.45, 2.75) is 50.6 Å². The van der Waals surface area contributed by atoms with Crippen LogP contribution in [0.4, 0.5) is 28.8 Å². The molecule has 42 heavy (non-hydrogen) atoms. The van der Waals surface area contributed by atoms with Gasteiger partial charge in [-0.25, -0.2) is 13.4 Å². The summed E-state index contributed by atoms with van der Waals surface area (Å²) in [5.74, 6) is 1.28. The van der Waals surface area contributed by atoms with Crippen LogP contribution in [-0.2, 0) is 15.6 Å². The largest absolute Gasteiger partial charge is 0.494 e. The maximum Gasteiger partial charge on any atom is 0.229 e. The number of para-hydroxylation sites is 1. The lowest BCUT2D eigenvalue weighted by Gasteiger charge is -2.44. The molecular weight excluding hydrogens is 574 g/mol. The summed E-state index contributed by atoms with van der Waals surface area (Å²) < 4.78 is 29.6. The number of ether oxygens (including phenoxy) is 1. The Labute approximate surface area is 253 Å². The Bertz CT molecular complexity index is 1490. The van der Waals surface area contributed by atoms with E-state index in [1.807, 2.05) is 18.2 Å². The molecule has 10 nitrogen and oxygen atoms in total. The Balaban J connectivity index is 1.26. The van der Waals surface area contributed by atoms with Crippen LogP contribution in [0.1, 0.15) is 32.3 Å². The molecule has 3 aromatic rings. The van der Waals surface area contributed by atoms with Crippen LogP contribution < -0.4 is 25.6 Å². The Hall–Kier alpha value is -3.12. The molecular formula is C30H40ClN7O3S. The summed E-state index contributed by atoms with van der Waals surface area (Å²) in [7, 11) is -1.57. The van der Waals surface area contributed by atoms with Gasteiger partial charge in [0.15, 0.2) is 15.7 Å². The van der Waals surface area contributed by atoms with Crippen LogP contribution in [0.3, 0.4) is 0 Å². The Morgan fingerprint density at radius 1 is 1.05 bits per heavy atom. The van der Waals surface area contributed by atoms with E-state index in [1.54, 1.807) is 25.3 Å². The van der Waals surface area contributed by atoms with Gasteiger partial charge in [-0.2, -0.15) is 4.98 Å². The van der Waals surface area contributed by atoms with Crippen LogP contribution in [-0.4, -0.2) is 81.0 Å². The molecule has 0 aliphatic carbocycles. The molecule has 0 radical (unpaired) electrons. The highest BCUT2D eigenvalue weighted by molar-refractivity contribution is 7.89. The summed E-state index contributed by atoms with van der Waals surface area (Å²) in [5, 5.41) is 10.4. The minimum atomic E-state index is -3.22. The quantitative estimate of drug-likeness (QED) is 0.310. The summed E-state index contributed by atoms with van der Waals surface area (Å²) in [4.78, 5) is 14.0. The van der Waals surface area contributed by atoms with Crippen LogP contribution >= 0.6 is 11.6 Å². The predicted molar refractivity (Wildman–Crippen MR) is 170 cm³/mol. The first-order valence-corrected chi connectivity index (χ1v) is 16.8. The second-order valence-electron chi connectivity index (χ2n) is 11.4. The van der Waals surface area contributed by atoms with E-state index in [1.165, 1.54) is 12.5 Å². The number of piperidine rings is 1. The molecule has 2 aliphatic rings. The highest BCUT2D eigenvalue weighted by atomic mass is 35.5. The number of halogens is 1. The zero-order valence-corrected chi connectivity index (χ0v) is 26.2. The SMILES string of the molecule is COc1cc(N2CCC(N3CC(C)NC(C)C3)CC2)ccc1Nc1ncc(Cl)c(Nc2ccccc2CS(C)(=O)=O)n1. The first-order chi connectivity index (χ1) is 20.1. The van der Waals surface area contributed by atoms with Crippen molar-refractivity contribution in [3.63, 3.8) is 0 Å². The molecule has 2 unspecified atom stereocenters. The number of rotatable bonds is 9. The van der Waals surface area contributed by atoms with E-state index >= 15 is 0 Å². The number of benzene rings is 2. The zero-order chi connectivity index (χ0) is 29.9. The second kappa shape index (κ2) is 13.0. The lowest BCUT2D eigenvalue weighted by Crippen LogP contribution is -2.58. The van der Waals surface area contributed by atoms with Gasteiger partial charge in [0, 0.05) is 68.0 Å². The Morgan fingerprint density at radius 3 is 2.45 bits per heavy atom. The van der Waals surface area contributed by atoms with E-state index < -0.39 is 9.84 Å². The number of hydrogen-bond donors (Lipinski definition) is 3. The van der Waals surface area contributed by atoms with E-state index in [0.717, 1.165) is 50.4 Å². The molecule has 1 aromatic heterocycles. The molecule has 2 saturated heterocycles. The normalized spacial score (nSPS) is 20.4. The van der Waals surface area contributed by atoms with Gasteiger partial charge in [-0.15, -0.1) is 0 Å². The van der Waals surface area contributed by atoms with Crippen molar-refractivity contribution in [3.8, 4) is 5.75 Å². The molecule has 5 rings (SSSR count). The van der Waals surface area contributed by atoms with Crippen molar-refractivity contribution in [1.29, 1.82) is 0 Å². The second-order valence-corrected chi connectivity index (χ2v) is 13.9. The summed E-state index contributed by atoms with van der Waals surface area (Å²) in [6, 6.07) is 15.0. The number of hydrogen-bond acceptors (Lipinski definition) is 10. The van der Waals surface area contributed by atoms with Crippen molar-refractivity contribution in [1.82, 2.24) is 20.2 Å². The van der Waals surface area contributed by atoms with Gasteiger partial charge < -0.3 is 25.6 Å². The van der Waals surface area contributed by atoms with Crippen molar-refractivity contribution in [2.24, 2.45) is 0 Å². The van der Waals surface area contributed by atoms with E-state index in [9.17, 15) is 8.42 Å². The van der Waals surface area contributed by atoms with E-state index in [-0.39, 0.29) is 5.75 Å². The maximum absolute atomic E-state index is 11.9. The number of piperazine rings is 1. The van der Waals surface area contributed by atoms with Gasteiger partial charge in [-0.1, -0.05) is 29.8 Å². The molecule has 2 fully saturated rings. The number of anilines is 5. The van der Waals surface area contributed by atoms with Gasteiger partial charge in [0.05, 0.1) is 24.7 Å². The molecule has 3 heterocycles. The molecule has 226 valence electrons. The van der Waals surface area contributed by atoms with E-state index in [2.05, 4.69) is 55.6 Å². The summed E-state index contributed by atoms with van der Waals surface area (Å²) in [5.41, 5.74) is 3.09. The number of aromatic nitrogens is 2. The van der Waals surface area contributed by atoms with Crippen LogP contribution in [0.25, 0.3) is 0 Å². The third-order valence-corrected chi connectivity index (χ3v) is 8.91. The molecule has 0 amide bonds. The monoisotopic (exact) mass is 613 g/mol. The third-order valence-electron chi connectivity index (χ3n) is 7.80. The first-order valence-electron chi connectivity index (χ1n) is 14.3. The smallest absolute Gasteiger partial charge is 0.229 e. The first kappa shape index (κ1) is 30.3. The molecule has 0 saturated carbocycles. The number of sulfone groups is 1. The Morgan fingerprint density at radius 2 is 1.76 bits per heavy atom. The molecule has 3 N–H and O–H groups in total. The Kier molecular flexibility index (Phi) is 9.41.